The second kappa shape index (κ2) is 5.49. The molecule has 98 valence electrons. The van der Waals surface area contributed by atoms with E-state index < -0.39 is 11.4 Å². The fourth-order valence-electron chi connectivity index (χ4n) is 1.98. The van der Waals surface area contributed by atoms with Gasteiger partial charge in [0.2, 0.25) is 5.91 Å². The zero-order chi connectivity index (χ0) is 13.1. The molecule has 5 heteroatoms. The third kappa shape index (κ3) is 3.19. The Balaban J connectivity index is 2.66. The number of carboxylic acid groups (broad SMARTS) is 1. The first kappa shape index (κ1) is 14.0. The molecule has 1 aliphatic heterocycles. The molecule has 1 rings (SSSR count). The number of ether oxygens (including phenoxy) is 1. The van der Waals surface area contributed by atoms with Gasteiger partial charge in [-0.15, -0.1) is 0 Å². The van der Waals surface area contributed by atoms with Gasteiger partial charge in [0.05, 0.1) is 6.10 Å². The Morgan fingerprint density at radius 1 is 1.47 bits per heavy atom. The molecule has 1 atom stereocenters. The largest absolute Gasteiger partial charge is 0.480 e. The lowest BCUT2D eigenvalue weighted by Crippen LogP contribution is -2.50. The average Bonchev–Trinajstić information content (AvgIpc) is 2.28. The molecule has 17 heavy (non-hydrogen) atoms. The summed E-state index contributed by atoms with van der Waals surface area (Å²) in [6.07, 6.45) is 1.85. The van der Waals surface area contributed by atoms with Crippen LogP contribution in [0.3, 0.4) is 0 Å². The molecule has 0 aromatic rings. The molecule has 1 unspecified atom stereocenters. The van der Waals surface area contributed by atoms with Crippen LogP contribution in [0.5, 0.6) is 0 Å². The molecule has 5 nitrogen and oxygen atoms in total. The van der Waals surface area contributed by atoms with Gasteiger partial charge in [-0.3, -0.25) is 9.59 Å². The van der Waals surface area contributed by atoms with Crippen molar-refractivity contribution < 1.29 is 19.4 Å². The molecule has 1 heterocycles. The fourth-order valence-corrected chi connectivity index (χ4v) is 1.98. The first-order valence-corrected chi connectivity index (χ1v) is 6.04. The van der Waals surface area contributed by atoms with E-state index in [1.807, 2.05) is 6.92 Å². The van der Waals surface area contributed by atoms with E-state index in [0.29, 0.717) is 19.7 Å². The molecule has 0 spiro atoms. The summed E-state index contributed by atoms with van der Waals surface area (Å²) >= 11 is 0. The van der Waals surface area contributed by atoms with Crippen LogP contribution in [-0.4, -0.2) is 47.7 Å². The SMILES string of the molecule is CCOC1CCCN(C(=O)C(C)(C)C(=O)O)C1. The van der Waals surface area contributed by atoms with Crippen molar-refractivity contribution in [1.29, 1.82) is 0 Å². The van der Waals surface area contributed by atoms with Crippen molar-refractivity contribution in [3.8, 4) is 0 Å². The van der Waals surface area contributed by atoms with E-state index in [1.54, 1.807) is 4.90 Å². The molecule has 0 radical (unpaired) electrons. The van der Waals surface area contributed by atoms with Gasteiger partial charge in [0.15, 0.2) is 0 Å². The molecule has 1 N–H and O–H groups in total. The monoisotopic (exact) mass is 243 g/mol. The predicted molar refractivity (Wildman–Crippen MR) is 62.6 cm³/mol. The molecular weight excluding hydrogens is 222 g/mol. The van der Waals surface area contributed by atoms with Gasteiger partial charge >= 0.3 is 5.97 Å². The van der Waals surface area contributed by atoms with Crippen LogP contribution in [0.25, 0.3) is 0 Å². The van der Waals surface area contributed by atoms with E-state index in [-0.39, 0.29) is 12.0 Å². The fraction of sp³-hybridized carbons (Fsp3) is 0.833. The molecule has 0 saturated carbocycles. The van der Waals surface area contributed by atoms with Crippen molar-refractivity contribution in [2.45, 2.75) is 39.7 Å². The van der Waals surface area contributed by atoms with Crippen LogP contribution in [-0.2, 0) is 14.3 Å². The van der Waals surface area contributed by atoms with Gasteiger partial charge in [-0.05, 0) is 33.6 Å². The first-order valence-electron chi connectivity index (χ1n) is 6.04. The number of hydrogen-bond donors (Lipinski definition) is 1. The zero-order valence-corrected chi connectivity index (χ0v) is 10.7. The number of piperidine rings is 1. The minimum absolute atomic E-state index is 0.0438. The zero-order valence-electron chi connectivity index (χ0n) is 10.7. The maximum absolute atomic E-state index is 12.1. The predicted octanol–water partition coefficient (Wildman–Crippen LogP) is 1.12. The highest BCUT2D eigenvalue weighted by atomic mass is 16.5. The number of carbonyl (C=O) groups is 2. The number of rotatable bonds is 4. The van der Waals surface area contributed by atoms with Crippen molar-refractivity contribution in [3.63, 3.8) is 0 Å². The van der Waals surface area contributed by atoms with E-state index in [2.05, 4.69) is 0 Å². The smallest absolute Gasteiger partial charge is 0.318 e. The third-order valence-electron chi connectivity index (χ3n) is 3.14. The summed E-state index contributed by atoms with van der Waals surface area (Å²) in [4.78, 5) is 24.7. The Hall–Kier alpha value is -1.10. The number of nitrogens with zero attached hydrogens (tertiary/aromatic N) is 1. The summed E-state index contributed by atoms with van der Waals surface area (Å²) < 4.78 is 5.50. The van der Waals surface area contributed by atoms with Crippen LogP contribution in [0.1, 0.15) is 33.6 Å². The van der Waals surface area contributed by atoms with Gasteiger partial charge in [0.25, 0.3) is 0 Å². The van der Waals surface area contributed by atoms with Crippen molar-refractivity contribution in [1.82, 2.24) is 4.90 Å². The van der Waals surface area contributed by atoms with E-state index >= 15 is 0 Å². The molecule has 1 fully saturated rings. The molecule has 0 aromatic carbocycles. The third-order valence-corrected chi connectivity index (χ3v) is 3.14. The molecular formula is C12H21NO4. The Bertz CT molecular complexity index is 299. The lowest BCUT2D eigenvalue weighted by atomic mass is 9.90. The molecule has 1 aliphatic rings. The number of hydrogen-bond acceptors (Lipinski definition) is 3. The maximum Gasteiger partial charge on any atom is 0.318 e. The summed E-state index contributed by atoms with van der Waals surface area (Å²) in [6, 6.07) is 0. The lowest BCUT2D eigenvalue weighted by molar-refractivity contribution is -0.160. The lowest BCUT2D eigenvalue weighted by Gasteiger charge is -2.35. The summed E-state index contributed by atoms with van der Waals surface area (Å²) in [5.41, 5.74) is -1.35. The van der Waals surface area contributed by atoms with Gasteiger partial charge < -0.3 is 14.7 Å². The van der Waals surface area contributed by atoms with Gasteiger partial charge in [-0.1, -0.05) is 0 Å². The summed E-state index contributed by atoms with van der Waals surface area (Å²) in [5.74, 6) is -1.41. The molecule has 1 amide bonds. The first-order chi connectivity index (χ1) is 7.89. The minimum Gasteiger partial charge on any atom is -0.480 e. The number of carbonyl (C=O) groups excluding carboxylic acids is 1. The highest BCUT2D eigenvalue weighted by molar-refractivity contribution is 6.01. The van der Waals surface area contributed by atoms with Gasteiger partial charge in [0.1, 0.15) is 5.41 Å². The van der Waals surface area contributed by atoms with Crippen molar-refractivity contribution >= 4 is 11.9 Å². The van der Waals surface area contributed by atoms with Gasteiger partial charge in [0, 0.05) is 19.7 Å². The summed E-state index contributed by atoms with van der Waals surface area (Å²) in [5, 5.41) is 9.03. The van der Waals surface area contributed by atoms with Crippen LogP contribution >= 0.6 is 0 Å². The minimum atomic E-state index is -1.35. The summed E-state index contributed by atoms with van der Waals surface area (Å²) in [6.45, 7) is 6.56. The molecule has 0 aromatic heterocycles. The Kier molecular flexibility index (Phi) is 4.51. The Morgan fingerprint density at radius 3 is 2.65 bits per heavy atom. The van der Waals surface area contributed by atoms with Crippen LogP contribution in [0.2, 0.25) is 0 Å². The normalized spacial score (nSPS) is 21.4. The standard InChI is InChI=1S/C12H21NO4/c1-4-17-9-6-5-7-13(8-9)10(14)12(2,3)11(15)16/h9H,4-8H2,1-3H3,(H,15,16). The van der Waals surface area contributed by atoms with Crippen LogP contribution in [0.4, 0.5) is 0 Å². The number of aliphatic carboxylic acids is 1. The van der Waals surface area contributed by atoms with Crippen LogP contribution in [0, 0.1) is 5.41 Å². The second-order valence-electron chi connectivity index (χ2n) is 4.90. The number of carboxylic acids is 1. The Labute approximate surface area is 102 Å². The van der Waals surface area contributed by atoms with Gasteiger partial charge in [-0.25, -0.2) is 0 Å². The molecule has 0 bridgehead atoms. The van der Waals surface area contributed by atoms with Crippen molar-refractivity contribution in [2.24, 2.45) is 5.41 Å². The van der Waals surface area contributed by atoms with Crippen LogP contribution in [0.15, 0.2) is 0 Å². The quantitative estimate of drug-likeness (QED) is 0.751. The van der Waals surface area contributed by atoms with E-state index in [0.717, 1.165) is 12.8 Å². The van der Waals surface area contributed by atoms with Crippen LogP contribution < -0.4 is 0 Å². The summed E-state index contributed by atoms with van der Waals surface area (Å²) in [7, 11) is 0. The second-order valence-corrected chi connectivity index (χ2v) is 4.90. The van der Waals surface area contributed by atoms with E-state index in [9.17, 15) is 9.59 Å². The number of amides is 1. The maximum atomic E-state index is 12.1. The number of likely N-dealkylation sites (tertiary alicyclic amines) is 1. The van der Waals surface area contributed by atoms with Crippen molar-refractivity contribution in [3.05, 3.63) is 0 Å². The highest BCUT2D eigenvalue weighted by Gasteiger charge is 2.40. The van der Waals surface area contributed by atoms with E-state index in [4.69, 9.17) is 9.84 Å². The van der Waals surface area contributed by atoms with E-state index in [1.165, 1.54) is 13.8 Å². The molecule has 1 saturated heterocycles. The molecule has 0 aliphatic carbocycles. The topological polar surface area (TPSA) is 66.8 Å². The Morgan fingerprint density at radius 2 is 2.12 bits per heavy atom. The average molecular weight is 243 g/mol. The van der Waals surface area contributed by atoms with Crippen molar-refractivity contribution in [2.75, 3.05) is 19.7 Å². The highest BCUT2D eigenvalue weighted by Crippen LogP contribution is 2.23. The van der Waals surface area contributed by atoms with Gasteiger partial charge in [-0.2, -0.15) is 0 Å².